The van der Waals surface area contributed by atoms with Gasteiger partial charge in [-0.15, -0.1) is 0 Å². The van der Waals surface area contributed by atoms with Crippen LogP contribution in [0.15, 0.2) is 36.4 Å². The predicted molar refractivity (Wildman–Crippen MR) is 152 cm³/mol. The average Bonchev–Trinajstić information content (AvgIpc) is 2.90. The molecule has 206 valence electrons. The van der Waals surface area contributed by atoms with E-state index in [-0.39, 0.29) is 25.2 Å². The van der Waals surface area contributed by atoms with Gasteiger partial charge in [0.2, 0.25) is 0 Å². The largest absolute Gasteiger partial charge is 0.481 e. The third-order valence-corrected chi connectivity index (χ3v) is 6.56. The molecular weight excluding hydrogens is 480 g/mol. The van der Waals surface area contributed by atoms with E-state index in [1.807, 2.05) is 44.2 Å². The van der Waals surface area contributed by atoms with Crippen LogP contribution in [-0.2, 0) is 19.1 Å². The minimum Gasteiger partial charge on any atom is -0.481 e. The van der Waals surface area contributed by atoms with Gasteiger partial charge >= 0.3 is 11.9 Å². The lowest BCUT2D eigenvalue weighted by molar-refractivity contribution is -0.147. The fraction of sp³-hybridized carbons (Fsp3) is 0.500. The van der Waals surface area contributed by atoms with Crippen LogP contribution in [0.25, 0.3) is 21.5 Å². The van der Waals surface area contributed by atoms with Crippen LogP contribution in [-0.4, -0.2) is 38.4 Å². The van der Waals surface area contributed by atoms with Crippen molar-refractivity contribution < 1.29 is 28.5 Å². The zero-order valence-corrected chi connectivity index (χ0v) is 23.4. The first-order valence-electron chi connectivity index (χ1n) is 14.0. The Morgan fingerprint density at radius 3 is 1.74 bits per heavy atom. The summed E-state index contributed by atoms with van der Waals surface area (Å²) in [5.41, 5.74) is 2.06. The normalized spacial score (nSPS) is 11.1. The molecule has 0 heterocycles. The zero-order valence-electron chi connectivity index (χ0n) is 23.4. The Labute approximate surface area is 226 Å². The molecule has 0 aromatic heterocycles. The average molecular weight is 523 g/mol. The molecule has 3 aromatic carbocycles. The number of aryl methyl sites for hydroxylation is 2. The number of benzene rings is 3. The number of carbonyl (C=O) groups excluding carboxylic acids is 2. The SMILES string of the molecule is CCCCCCOC(=O)COc1c2ccccc2c(OCC(=O)OCCCCCC)c2c(C)cc(C)cc12. The number of ether oxygens (including phenoxy) is 4. The summed E-state index contributed by atoms with van der Waals surface area (Å²) in [5, 5.41) is 3.31. The molecule has 0 aliphatic carbocycles. The molecule has 38 heavy (non-hydrogen) atoms. The van der Waals surface area contributed by atoms with Crippen molar-refractivity contribution in [1.82, 2.24) is 0 Å². The van der Waals surface area contributed by atoms with Crippen molar-refractivity contribution in [1.29, 1.82) is 0 Å². The van der Waals surface area contributed by atoms with Crippen LogP contribution in [0.3, 0.4) is 0 Å². The van der Waals surface area contributed by atoms with Crippen molar-refractivity contribution in [3.8, 4) is 11.5 Å². The van der Waals surface area contributed by atoms with Gasteiger partial charge in [0.1, 0.15) is 11.5 Å². The fourth-order valence-corrected chi connectivity index (χ4v) is 4.69. The minimum atomic E-state index is -0.384. The van der Waals surface area contributed by atoms with E-state index < -0.39 is 0 Å². The maximum absolute atomic E-state index is 12.4. The van der Waals surface area contributed by atoms with Gasteiger partial charge in [-0.2, -0.15) is 0 Å². The Balaban J connectivity index is 1.84. The van der Waals surface area contributed by atoms with Crippen LogP contribution in [0, 0.1) is 13.8 Å². The summed E-state index contributed by atoms with van der Waals surface area (Å²) >= 11 is 0. The van der Waals surface area contributed by atoms with Gasteiger partial charge in [0.05, 0.1) is 13.2 Å². The Kier molecular flexibility index (Phi) is 11.7. The van der Waals surface area contributed by atoms with E-state index in [0.717, 1.165) is 84.0 Å². The van der Waals surface area contributed by atoms with E-state index in [0.29, 0.717) is 24.7 Å². The summed E-state index contributed by atoms with van der Waals surface area (Å²) in [5.74, 6) is 0.452. The van der Waals surface area contributed by atoms with Gasteiger partial charge < -0.3 is 18.9 Å². The quantitative estimate of drug-likeness (QED) is 0.109. The van der Waals surface area contributed by atoms with Crippen molar-refractivity contribution >= 4 is 33.5 Å². The lowest BCUT2D eigenvalue weighted by Crippen LogP contribution is -2.17. The molecule has 0 aliphatic rings. The van der Waals surface area contributed by atoms with Crippen LogP contribution >= 0.6 is 0 Å². The topological polar surface area (TPSA) is 71.1 Å². The number of esters is 2. The second kappa shape index (κ2) is 15.2. The fourth-order valence-electron chi connectivity index (χ4n) is 4.69. The van der Waals surface area contributed by atoms with Crippen LogP contribution in [0.2, 0.25) is 0 Å². The van der Waals surface area contributed by atoms with E-state index in [1.165, 1.54) is 0 Å². The van der Waals surface area contributed by atoms with Crippen molar-refractivity contribution in [2.24, 2.45) is 0 Å². The molecule has 0 saturated heterocycles. The summed E-state index contributed by atoms with van der Waals surface area (Å²) in [6.07, 6.45) is 8.35. The van der Waals surface area contributed by atoms with Gasteiger partial charge in [0.15, 0.2) is 13.2 Å². The van der Waals surface area contributed by atoms with Gasteiger partial charge in [-0.3, -0.25) is 0 Å². The molecule has 0 saturated carbocycles. The van der Waals surface area contributed by atoms with Gasteiger partial charge in [-0.05, 0) is 38.3 Å². The lowest BCUT2D eigenvalue weighted by Gasteiger charge is -2.19. The highest BCUT2D eigenvalue weighted by molar-refractivity contribution is 6.12. The molecule has 3 aromatic rings. The van der Waals surface area contributed by atoms with Gasteiger partial charge in [-0.25, -0.2) is 9.59 Å². The van der Waals surface area contributed by atoms with Crippen LogP contribution in [0.4, 0.5) is 0 Å². The molecule has 6 nitrogen and oxygen atoms in total. The zero-order chi connectivity index (χ0) is 27.3. The number of unbranched alkanes of at least 4 members (excludes halogenated alkanes) is 6. The number of fused-ring (bicyclic) bond motifs is 2. The molecule has 0 N–H and O–H groups in total. The minimum absolute atomic E-state index is 0.176. The van der Waals surface area contributed by atoms with E-state index in [2.05, 4.69) is 19.9 Å². The highest BCUT2D eigenvalue weighted by Gasteiger charge is 2.20. The summed E-state index contributed by atoms with van der Waals surface area (Å²) in [6.45, 7) is 8.79. The smallest absolute Gasteiger partial charge is 0.344 e. The van der Waals surface area contributed by atoms with Gasteiger partial charge in [-0.1, -0.05) is 88.3 Å². The molecule has 0 atom stereocenters. The highest BCUT2D eigenvalue weighted by Crippen LogP contribution is 2.44. The van der Waals surface area contributed by atoms with E-state index in [4.69, 9.17) is 18.9 Å². The molecule has 0 fully saturated rings. The molecule has 0 aliphatic heterocycles. The molecule has 0 unspecified atom stereocenters. The molecule has 0 radical (unpaired) electrons. The Bertz CT molecular complexity index is 1220. The highest BCUT2D eigenvalue weighted by atomic mass is 16.6. The number of carbonyl (C=O) groups is 2. The second-order valence-corrected chi connectivity index (χ2v) is 9.85. The van der Waals surface area contributed by atoms with Crippen molar-refractivity contribution in [2.75, 3.05) is 26.4 Å². The van der Waals surface area contributed by atoms with Gasteiger partial charge in [0.25, 0.3) is 0 Å². The van der Waals surface area contributed by atoms with Crippen molar-refractivity contribution in [3.63, 3.8) is 0 Å². The summed E-state index contributed by atoms with van der Waals surface area (Å²) in [4.78, 5) is 24.8. The molecule has 6 heteroatoms. The van der Waals surface area contributed by atoms with Crippen LogP contribution in [0.1, 0.15) is 76.3 Å². The monoisotopic (exact) mass is 522 g/mol. The second-order valence-electron chi connectivity index (χ2n) is 9.85. The lowest BCUT2D eigenvalue weighted by atomic mass is 9.95. The number of hydrogen-bond donors (Lipinski definition) is 0. The van der Waals surface area contributed by atoms with Crippen molar-refractivity contribution in [2.45, 2.75) is 79.1 Å². The van der Waals surface area contributed by atoms with Crippen molar-refractivity contribution in [3.05, 3.63) is 47.5 Å². The predicted octanol–water partition coefficient (Wildman–Crippen LogP) is 7.61. The molecule has 0 spiro atoms. The maximum Gasteiger partial charge on any atom is 0.344 e. The first kappa shape index (κ1) is 29.3. The summed E-state index contributed by atoms with van der Waals surface area (Å²) in [7, 11) is 0. The maximum atomic E-state index is 12.4. The Morgan fingerprint density at radius 1 is 0.658 bits per heavy atom. The first-order chi connectivity index (χ1) is 18.5. The third kappa shape index (κ3) is 8.11. The Morgan fingerprint density at radius 2 is 1.18 bits per heavy atom. The van der Waals surface area contributed by atoms with E-state index in [9.17, 15) is 9.59 Å². The summed E-state index contributed by atoms with van der Waals surface area (Å²) < 4.78 is 23.0. The van der Waals surface area contributed by atoms with E-state index >= 15 is 0 Å². The van der Waals surface area contributed by atoms with Crippen LogP contribution in [0.5, 0.6) is 11.5 Å². The molecule has 3 rings (SSSR count). The van der Waals surface area contributed by atoms with Crippen LogP contribution < -0.4 is 9.47 Å². The third-order valence-electron chi connectivity index (χ3n) is 6.56. The number of rotatable bonds is 16. The summed E-state index contributed by atoms with van der Waals surface area (Å²) in [6, 6.07) is 11.8. The first-order valence-corrected chi connectivity index (χ1v) is 14.0. The van der Waals surface area contributed by atoms with E-state index in [1.54, 1.807) is 0 Å². The standard InChI is InChI=1S/C32H42O6/c1-5-7-9-13-17-35-28(33)21-37-31-25-15-11-12-16-26(25)32(30-24(4)19-23(3)20-27(30)31)38-22-29(34)36-18-14-10-8-6-2/h11-12,15-16,19-20H,5-10,13-14,17-18,21-22H2,1-4H3. The molecule has 0 bridgehead atoms. The van der Waals surface area contributed by atoms with Gasteiger partial charge in [0, 0.05) is 21.5 Å². The Hall–Kier alpha value is -3.28. The number of hydrogen-bond acceptors (Lipinski definition) is 6. The molecule has 0 amide bonds. The molecular formula is C32H42O6.